The fourth-order valence-corrected chi connectivity index (χ4v) is 11.0. The van der Waals surface area contributed by atoms with Crippen LogP contribution < -0.4 is 9.80 Å². The number of hydrogen-bond acceptors (Lipinski definition) is 13. The van der Waals surface area contributed by atoms with Crippen molar-refractivity contribution in [2.45, 2.75) is 127 Å². The summed E-state index contributed by atoms with van der Waals surface area (Å²) in [6.07, 6.45) is 10.9. The number of methoxy groups -OCH3 is 1. The van der Waals surface area contributed by atoms with Crippen molar-refractivity contribution < 1.29 is 38.0 Å². The SMILES string of the molecule is COC(=O)c1ccc2nc(N(C)[C@@H]3CC[C@H](OCc4c(-c5ccccc5C)noc4C4CC4)C3)ccc2c1.Cc1ccccc1-c1noc(C2CC2)c1CO[C@H]1CC[C@@H](N(C)c2ccc3cc(C(=O)O)ccc3n2)C1. The van der Waals surface area contributed by atoms with Gasteiger partial charge in [0.1, 0.15) is 34.5 Å². The molecule has 1 N–H and O–H groups in total. The van der Waals surface area contributed by atoms with Crippen LogP contribution in [0.4, 0.5) is 11.6 Å². The minimum Gasteiger partial charge on any atom is -0.478 e. The molecule has 75 heavy (non-hydrogen) atoms. The molecule has 12 rings (SSSR count). The number of aromatic nitrogens is 4. The second-order valence-corrected chi connectivity index (χ2v) is 20.9. The largest absolute Gasteiger partial charge is 0.478 e. The van der Waals surface area contributed by atoms with Gasteiger partial charge in [-0.1, -0.05) is 58.8 Å². The summed E-state index contributed by atoms with van der Waals surface area (Å²) in [5.41, 5.74) is 11.1. The molecular weight excluding hydrogens is 945 g/mol. The smallest absolute Gasteiger partial charge is 0.337 e. The van der Waals surface area contributed by atoms with E-state index in [4.69, 9.17) is 33.2 Å². The van der Waals surface area contributed by atoms with Crippen LogP contribution in [0.2, 0.25) is 0 Å². The zero-order valence-corrected chi connectivity index (χ0v) is 43.3. The highest BCUT2D eigenvalue weighted by Crippen LogP contribution is 2.46. The molecule has 4 fully saturated rings. The van der Waals surface area contributed by atoms with Crippen LogP contribution in [0.25, 0.3) is 44.3 Å². The van der Waals surface area contributed by atoms with E-state index in [-0.39, 0.29) is 23.7 Å². The van der Waals surface area contributed by atoms with Gasteiger partial charge in [-0.15, -0.1) is 0 Å². The van der Waals surface area contributed by atoms with Crippen molar-refractivity contribution >= 4 is 45.4 Å². The second-order valence-electron chi connectivity index (χ2n) is 20.9. The maximum Gasteiger partial charge on any atom is 0.337 e. The summed E-state index contributed by atoms with van der Waals surface area (Å²) in [6.45, 7) is 5.26. The van der Waals surface area contributed by atoms with E-state index >= 15 is 0 Å². The number of ether oxygens (including phenoxy) is 3. The molecule has 4 aliphatic rings. The van der Waals surface area contributed by atoms with Crippen molar-refractivity contribution in [1.82, 2.24) is 20.3 Å². The Bertz CT molecular complexity index is 3380. The van der Waals surface area contributed by atoms with Crippen LogP contribution in [0.15, 0.2) is 118 Å². The van der Waals surface area contributed by atoms with E-state index in [0.717, 1.165) is 143 Å². The third-order valence-corrected chi connectivity index (χ3v) is 15.8. The van der Waals surface area contributed by atoms with Gasteiger partial charge in [-0.25, -0.2) is 19.6 Å². The monoisotopic (exact) mass is 1010 g/mol. The molecule has 0 amide bonds. The van der Waals surface area contributed by atoms with Crippen LogP contribution in [0, 0.1) is 13.8 Å². The van der Waals surface area contributed by atoms with Gasteiger partial charge in [0, 0.05) is 71.0 Å². The van der Waals surface area contributed by atoms with Crippen LogP contribution >= 0.6 is 0 Å². The summed E-state index contributed by atoms with van der Waals surface area (Å²) in [6, 6.07) is 35.8. The van der Waals surface area contributed by atoms with E-state index in [2.05, 4.69) is 84.5 Å². The van der Waals surface area contributed by atoms with Crippen molar-refractivity contribution in [1.29, 1.82) is 0 Å². The average molecular weight is 1010 g/mol. The van der Waals surface area contributed by atoms with Gasteiger partial charge in [0.15, 0.2) is 0 Å². The molecule has 8 aromatic rings. The first-order valence-electron chi connectivity index (χ1n) is 26.4. The van der Waals surface area contributed by atoms with E-state index in [0.29, 0.717) is 42.7 Å². The van der Waals surface area contributed by atoms with Gasteiger partial charge in [0.2, 0.25) is 0 Å². The quantitative estimate of drug-likeness (QED) is 0.0908. The standard InChI is InChI=1S/C31H33N3O4.C30H31N3O4/c1-19-6-4-5-7-25(19)29-26(30(38-33-29)20-8-9-20)18-37-24-13-12-23(17-24)34(2)28-15-11-21-16-22(31(35)36-3)10-14-27(21)32-28;1-18-5-3-4-6-24(18)28-25(29(37-32-28)19-7-8-19)17-36-23-12-11-22(16-23)33(2)27-14-10-20-15-21(30(34)35)9-13-26(20)31-27/h4-7,10-11,14-16,20,23-24H,8-9,12-13,17-18H2,1-3H3;3-6,9-10,13-15,19,22-23H,7-8,11-12,16-17H2,1-2H3,(H,34,35)/t23-,24+;22-,23+/m11/s1. The number of carboxylic acids is 1. The van der Waals surface area contributed by atoms with Crippen LogP contribution in [0.1, 0.15) is 131 Å². The molecule has 14 heteroatoms. The van der Waals surface area contributed by atoms with Crippen LogP contribution in [0.5, 0.6) is 0 Å². The number of benzene rings is 4. The number of nitrogens with zero attached hydrogens (tertiary/aromatic N) is 6. The summed E-state index contributed by atoms with van der Waals surface area (Å²) >= 11 is 0. The number of rotatable bonds is 16. The molecule has 0 saturated heterocycles. The fourth-order valence-electron chi connectivity index (χ4n) is 11.0. The Balaban J connectivity index is 0.000000161. The molecule has 386 valence electrons. The fraction of sp³-hybridized carbons (Fsp3) is 0.377. The van der Waals surface area contributed by atoms with E-state index in [1.54, 1.807) is 24.3 Å². The van der Waals surface area contributed by atoms with E-state index in [1.165, 1.54) is 18.2 Å². The molecule has 4 heterocycles. The number of hydrogen-bond donors (Lipinski definition) is 1. The number of anilines is 2. The highest BCUT2D eigenvalue weighted by molar-refractivity contribution is 5.95. The minimum absolute atomic E-state index is 0.165. The number of aryl methyl sites for hydroxylation is 2. The molecule has 4 aromatic carbocycles. The van der Waals surface area contributed by atoms with Crippen LogP contribution in [0.3, 0.4) is 0 Å². The van der Waals surface area contributed by atoms with E-state index < -0.39 is 5.97 Å². The van der Waals surface area contributed by atoms with Gasteiger partial charge in [-0.2, -0.15) is 0 Å². The molecule has 0 bridgehead atoms. The average Bonchev–Trinajstić information content (AvgIpc) is 4.25. The number of fused-ring (bicyclic) bond motifs is 2. The minimum atomic E-state index is -0.929. The van der Waals surface area contributed by atoms with Gasteiger partial charge in [0.05, 0.1) is 54.7 Å². The van der Waals surface area contributed by atoms with Crippen LogP contribution in [-0.2, 0) is 27.4 Å². The predicted molar refractivity (Wildman–Crippen MR) is 288 cm³/mol. The number of pyridine rings is 2. The number of esters is 1. The molecule has 0 unspecified atom stereocenters. The Morgan fingerprint density at radius 2 is 1.04 bits per heavy atom. The van der Waals surface area contributed by atoms with Crippen molar-refractivity contribution in [2.75, 3.05) is 31.0 Å². The molecule has 4 aliphatic carbocycles. The summed E-state index contributed by atoms with van der Waals surface area (Å²) < 4.78 is 29.5. The van der Waals surface area contributed by atoms with Gasteiger partial charge < -0.3 is 38.2 Å². The lowest BCUT2D eigenvalue weighted by Crippen LogP contribution is -2.30. The Morgan fingerprint density at radius 1 is 0.587 bits per heavy atom. The van der Waals surface area contributed by atoms with Gasteiger partial charge in [0.25, 0.3) is 0 Å². The lowest BCUT2D eigenvalue weighted by Gasteiger charge is -2.26. The van der Waals surface area contributed by atoms with Gasteiger partial charge >= 0.3 is 11.9 Å². The molecule has 4 saturated carbocycles. The first-order chi connectivity index (χ1) is 36.5. The molecule has 4 aromatic heterocycles. The van der Waals surface area contributed by atoms with Crippen molar-refractivity contribution in [3.05, 3.63) is 154 Å². The third-order valence-electron chi connectivity index (χ3n) is 15.8. The Morgan fingerprint density at radius 3 is 1.48 bits per heavy atom. The third kappa shape index (κ3) is 10.8. The van der Waals surface area contributed by atoms with Crippen LogP contribution in [-0.4, -0.2) is 82.8 Å². The van der Waals surface area contributed by atoms with Crippen molar-refractivity contribution in [3.63, 3.8) is 0 Å². The number of carbonyl (C=O) groups excluding carboxylic acids is 1. The first kappa shape index (κ1) is 49.8. The molecule has 0 spiro atoms. The Labute approximate surface area is 437 Å². The molecule has 0 aliphatic heterocycles. The predicted octanol–water partition coefficient (Wildman–Crippen LogP) is 12.8. The Hall–Kier alpha value is -7.42. The van der Waals surface area contributed by atoms with Gasteiger partial charge in [-0.3, -0.25) is 0 Å². The van der Waals surface area contributed by atoms with Crippen molar-refractivity contribution in [2.24, 2.45) is 0 Å². The topological polar surface area (TPSA) is 166 Å². The van der Waals surface area contributed by atoms with E-state index in [9.17, 15) is 14.7 Å². The maximum absolute atomic E-state index is 11.9. The maximum atomic E-state index is 11.9. The summed E-state index contributed by atoms with van der Waals surface area (Å²) in [5.74, 6) is 3.49. The molecular formula is C61H64N6O8. The summed E-state index contributed by atoms with van der Waals surface area (Å²) in [7, 11) is 5.57. The number of aromatic carboxylic acids is 1. The highest BCUT2D eigenvalue weighted by atomic mass is 16.5. The lowest BCUT2D eigenvalue weighted by molar-refractivity contribution is 0.0440. The summed E-state index contributed by atoms with van der Waals surface area (Å²) in [5, 5.41) is 19.9. The highest BCUT2D eigenvalue weighted by Gasteiger charge is 2.36. The van der Waals surface area contributed by atoms with Crippen molar-refractivity contribution in [3.8, 4) is 22.5 Å². The second kappa shape index (κ2) is 21.4. The molecule has 0 radical (unpaired) electrons. The van der Waals surface area contributed by atoms with Gasteiger partial charge in [-0.05, 0) is 150 Å². The normalized spacial score (nSPS) is 19.3. The number of carboxylic acid groups (broad SMARTS) is 1. The number of carbonyl (C=O) groups is 2. The first-order valence-corrected chi connectivity index (χ1v) is 26.4. The zero-order valence-electron chi connectivity index (χ0n) is 43.3. The lowest BCUT2D eigenvalue weighted by atomic mass is 10.0. The molecule has 14 nitrogen and oxygen atoms in total. The molecule has 4 atom stereocenters. The summed E-state index contributed by atoms with van der Waals surface area (Å²) in [4.78, 5) is 37.3. The zero-order chi connectivity index (χ0) is 51.7. The Kier molecular flexibility index (Phi) is 14.2. The van der Waals surface area contributed by atoms with E-state index in [1.807, 2.05) is 48.5 Å².